The molecule has 0 radical (unpaired) electrons. The van der Waals surface area contributed by atoms with Crippen LogP contribution >= 0.6 is 0 Å². The van der Waals surface area contributed by atoms with E-state index in [1.165, 1.54) is 0 Å². The summed E-state index contributed by atoms with van der Waals surface area (Å²) in [5.41, 5.74) is 1.46. The van der Waals surface area contributed by atoms with Gasteiger partial charge in [0.25, 0.3) is 5.91 Å². The lowest BCUT2D eigenvalue weighted by atomic mass is 10.1. The van der Waals surface area contributed by atoms with Crippen LogP contribution in [0.4, 0.5) is 0 Å². The summed E-state index contributed by atoms with van der Waals surface area (Å²) < 4.78 is 16.5. The van der Waals surface area contributed by atoms with E-state index in [0.29, 0.717) is 18.6 Å². The van der Waals surface area contributed by atoms with Crippen molar-refractivity contribution in [1.82, 2.24) is 5.32 Å². The van der Waals surface area contributed by atoms with Gasteiger partial charge in [0.05, 0.1) is 18.4 Å². The average molecular weight is 327 g/mol. The Morgan fingerprint density at radius 3 is 3.00 bits per heavy atom. The van der Waals surface area contributed by atoms with Gasteiger partial charge in [-0.2, -0.15) is 0 Å². The molecule has 1 amide bonds. The molecular formula is C19H21NO4. The lowest BCUT2D eigenvalue weighted by Gasteiger charge is -2.20. The molecule has 1 atom stereocenters. The highest BCUT2D eigenvalue weighted by molar-refractivity contribution is 5.99. The minimum atomic E-state index is -0.124. The van der Waals surface area contributed by atoms with Gasteiger partial charge < -0.3 is 19.2 Å². The Kier molecular flexibility index (Phi) is 4.89. The second-order valence-corrected chi connectivity index (χ2v) is 5.75. The van der Waals surface area contributed by atoms with Crippen molar-refractivity contribution in [2.45, 2.75) is 26.3 Å². The lowest BCUT2D eigenvalue weighted by molar-refractivity contribution is -0.118. The van der Waals surface area contributed by atoms with E-state index in [4.69, 9.17) is 13.9 Å². The number of fused-ring (bicyclic) bond motifs is 1. The first-order valence-corrected chi connectivity index (χ1v) is 8.09. The van der Waals surface area contributed by atoms with Gasteiger partial charge in [0.2, 0.25) is 0 Å². The van der Waals surface area contributed by atoms with Gasteiger partial charge in [-0.15, -0.1) is 0 Å². The summed E-state index contributed by atoms with van der Waals surface area (Å²) >= 11 is 0. The Hall–Kier alpha value is -2.69. The number of nitrogens with one attached hydrogen (secondary N) is 1. The molecular weight excluding hydrogens is 306 g/mol. The molecule has 1 aromatic carbocycles. The highest BCUT2D eigenvalue weighted by Gasteiger charge is 2.19. The zero-order valence-corrected chi connectivity index (χ0v) is 13.9. The highest BCUT2D eigenvalue weighted by Crippen LogP contribution is 2.30. The molecule has 1 aliphatic heterocycles. The van der Waals surface area contributed by atoms with E-state index < -0.39 is 0 Å². The van der Waals surface area contributed by atoms with Crippen molar-refractivity contribution in [3.05, 3.63) is 53.5 Å². The van der Waals surface area contributed by atoms with Crippen LogP contribution in [0.25, 0.3) is 6.08 Å². The molecule has 2 heterocycles. The summed E-state index contributed by atoms with van der Waals surface area (Å²) in [6, 6.07) is 9.33. The number of amides is 1. The van der Waals surface area contributed by atoms with Crippen LogP contribution in [0.3, 0.4) is 0 Å². The molecule has 0 saturated heterocycles. The second-order valence-electron chi connectivity index (χ2n) is 5.75. The van der Waals surface area contributed by atoms with Crippen molar-refractivity contribution in [3.63, 3.8) is 0 Å². The largest absolute Gasteiger partial charge is 0.494 e. The van der Waals surface area contributed by atoms with Gasteiger partial charge in [-0.25, -0.2) is 0 Å². The van der Waals surface area contributed by atoms with E-state index in [9.17, 15) is 4.79 Å². The highest BCUT2D eigenvalue weighted by atomic mass is 16.5. The fourth-order valence-corrected chi connectivity index (χ4v) is 2.64. The standard InChI is InChI=1S/C19H21NO4/c1-3-22-17-6-7-18-14(11-17)10-15(12-24-18)19(21)20-13(2)9-16-5-4-8-23-16/h4-8,10-11,13H,3,9,12H2,1-2H3,(H,20,21). The van der Waals surface area contributed by atoms with Crippen LogP contribution in [0.2, 0.25) is 0 Å². The number of carbonyl (C=O) groups is 1. The molecule has 0 bridgehead atoms. The van der Waals surface area contributed by atoms with Gasteiger partial charge in [-0.1, -0.05) is 0 Å². The van der Waals surface area contributed by atoms with Crippen LogP contribution in [-0.4, -0.2) is 25.2 Å². The minimum Gasteiger partial charge on any atom is -0.494 e. The number of carbonyl (C=O) groups excluding carboxylic acids is 1. The van der Waals surface area contributed by atoms with Crippen LogP contribution < -0.4 is 14.8 Å². The van der Waals surface area contributed by atoms with Crippen LogP contribution in [-0.2, 0) is 11.2 Å². The van der Waals surface area contributed by atoms with Gasteiger partial charge in [0.1, 0.15) is 23.9 Å². The van der Waals surface area contributed by atoms with Crippen molar-refractivity contribution in [2.24, 2.45) is 0 Å². The third-order valence-corrected chi connectivity index (χ3v) is 3.76. The molecule has 1 aromatic heterocycles. The van der Waals surface area contributed by atoms with Crippen LogP contribution in [0.5, 0.6) is 11.5 Å². The molecule has 5 heteroatoms. The third-order valence-electron chi connectivity index (χ3n) is 3.76. The third kappa shape index (κ3) is 3.79. The Morgan fingerprint density at radius 1 is 1.38 bits per heavy atom. The fourth-order valence-electron chi connectivity index (χ4n) is 2.64. The predicted molar refractivity (Wildman–Crippen MR) is 91.1 cm³/mol. The zero-order valence-electron chi connectivity index (χ0n) is 13.9. The molecule has 1 aliphatic rings. The molecule has 0 saturated carbocycles. The number of furan rings is 1. The monoisotopic (exact) mass is 327 g/mol. The van der Waals surface area contributed by atoms with Gasteiger partial charge in [-0.3, -0.25) is 4.79 Å². The van der Waals surface area contributed by atoms with Crippen LogP contribution in [0.15, 0.2) is 46.6 Å². The summed E-state index contributed by atoms with van der Waals surface area (Å²) in [6.45, 7) is 4.75. The summed E-state index contributed by atoms with van der Waals surface area (Å²) in [5.74, 6) is 2.26. The molecule has 24 heavy (non-hydrogen) atoms. The SMILES string of the molecule is CCOc1ccc2c(c1)C=C(C(=O)NC(C)Cc1ccco1)CO2. The maximum absolute atomic E-state index is 12.4. The Balaban J connectivity index is 1.67. The predicted octanol–water partition coefficient (Wildman–Crippen LogP) is 3.20. The van der Waals surface area contributed by atoms with Crippen LogP contribution in [0.1, 0.15) is 25.2 Å². The second kappa shape index (κ2) is 7.25. The van der Waals surface area contributed by atoms with Crippen LogP contribution in [0, 0.1) is 0 Å². The van der Waals surface area contributed by atoms with E-state index in [-0.39, 0.29) is 18.6 Å². The van der Waals surface area contributed by atoms with E-state index in [1.54, 1.807) is 6.26 Å². The molecule has 1 N–H and O–H groups in total. The minimum absolute atomic E-state index is 0.0271. The van der Waals surface area contributed by atoms with Crippen molar-refractivity contribution in [2.75, 3.05) is 13.2 Å². The first kappa shape index (κ1) is 16.2. The maximum Gasteiger partial charge on any atom is 0.250 e. The average Bonchev–Trinajstić information content (AvgIpc) is 3.07. The Morgan fingerprint density at radius 2 is 2.25 bits per heavy atom. The van der Waals surface area contributed by atoms with E-state index >= 15 is 0 Å². The summed E-state index contributed by atoms with van der Waals surface area (Å²) in [5, 5.41) is 2.98. The molecule has 0 aliphatic carbocycles. The van der Waals surface area contributed by atoms with Gasteiger partial charge in [-0.05, 0) is 50.3 Å². The molecule has 126 valence electrons. The summed E-state index contributed by atoms with van der Waals surface area (Å²) in [4.78, 5) is 12.4. The smallest absolute Gasteiger partial charge is 0.250 e. The Bertz CT molecular complexity index is 734. The first-order chi connectivity index (χ1) is 11.7. The van der Waals surface area contributed by atoms with Gasteiger partial charge >= 0.3 is 0 Å². The van der Waals surface area contributed by atoms with Crippen molar-refractivity contribution >= 4 is 12.0 Å². The van der Waals surface area contributed by atoms with Crippen molar-refractivity contribution in [1.29, 1.82) is 0 Å². The van der Waals surface area contributed by atoms with Gasteiger partial charge in [0, 0.05) is 18.0 Å². The lowest BCUT2D eigenvalue weighted by Crippen LogP contribution is -2.36. The molecule has 3 rings (SSSR count). The van der Waals surface area contributed by atoms with E-state index in [2.05, 4.69) is 5.32 Å². The topological polar surface area (TPSA) is 60.7 Å². The summed E-state index contributed by atoms with van der Waals surface area (Å²) in [7, 11) is 0. The number of benzene rings is 1. The fraction of sp³-hybridized carbons (Fsp3) is 0.316. The van der Waals surface area contributed by atoms with E-state index in [0.717, 1.165) is 22.8 Å². The molecule has 5 nitrogen and oxygen atoms in total. The molecule has 1 unspecified atom stereocenters. The molecule has 0 fully saturated rings. The summed E-state index contributed by atoms with van der Waals surface area (Å²) in [6.07, 6.45) is 4.14. The van der Waals surface area contributed by atoms with E-state index in [1.807, 2.05) is 50.3 Å². The number of rotatable bonds is 6. The van der Waals surface area contributed by atoms with Gasteiger partial charge in [0.15, 0.2) is 0 Å². The number of ether oxygens (including phenoxy) is 2. The zero-order chi connectivity index (χ0) is 16.9. The Labute approximate surface area is 141 Å². The molecule has 2 aromatic rings. The number of hydrogen-bond acceptors (Lipinski definition) is 4. The molecule has 0 spiro atoms. The van der Waals surface area contributed by atoms with Crippen molar-refractivity contribution in [3.8, 4) is 11.5 Å². The normalized spacial score (nSPS) is 14.2. The number of hydrogen-bond donors (Lipinski definition) is 1. The quantitative estimate of drug-likeness (QED) is 0.885. The van der Waals surface area contributed by atoms with Crippen molar-refractivity contribution < 1.29 is 18.7 Å². The first-order valence-electron chi connectivity index (χ1n) is 8.09. The maximum atomic E-state index is 12.4.